The van der Waals surface area contributed by atoms with Gasteiger partial charge in [-0.2, -0.15) is 13.9 Å². The predicted molar refractivity (Wildman–Crippen MR) is 180 cm³/mol. The molecule has 1 saturated heterocycles. The minimum Gasteiger partial charge on any atom is -0.508 e. The van der Waals surface area contributed by atoms with E-state index >= 15 is 0 Å². The molecule has 3 unspecified atom stereocenters. The molecule has 0 amide bonds. The molecule has 1 aliphatic heterocycles. The molecule has 0 radical (unpaired) electrons. The van der Waals surface area contributed by atoms with Crippen molar-refractivity contribution in [1.82, 2.24) is 10.5 Å². The van der Waals surface area contributed by atoms with E-state index in [1.165, 1.54) is 6.21 Å². The molecule has 0 aromatic heterocycles. The van der Waals surface area contributed by atoms with E-state index < -0.39 is 59.4 Å². The number of hydrazone groups is 1. The van der Waals surface area contributed by atoms with Crippen LogP contribution in [0.4, 0.5) is 27.6 Å². The van der Waals surface area contributed by atoms with Crippen molar-refractivity contribution in [2.75, 3.05) is 44.8 Å². The number of anilines is 1. The van der Waals surface area contributed by atoms with Crippen LogP contribution in [-0.2, 0) is 14.3 Å². The zero-order chi connectivity index (χ0) is 38.6. The number of nitrogens with one attached hydrogen (secondary N) is 2. The van der Waals surface area contributed by atoms with Gasteiger partial charge >= 0.3 is 5.97 Å². The van der Waals surface area contributed by atoms with Gasteiger partial charge in [-0.3, -0.25) is 20.2 Å². The van der Waals surface area contributed by atoms with Gasteiger partial charge in [-0.1, -0.05) is 5.23 Å². The number of benzene rings is 2. The Kier molecular flexibility index (Phi) is 19.9. The summed E-state index contributed by atoms with van der Waals surface area (Å²) in [6, 6.07) is 6.47. The second kappa shape index (κ2) is 23.5. The van der Waals surface area contributed by atoms with E-state index in [9.17, 15) is 37.0 Å². The largest absolute Gasteiger partial charge is 0.508 e. The lowest BCUT2D eigenvalue weighted by Gasteiger charge is -2.30. The van der Waals surface area contributed by atoms with Crippen LogP contribution in [0.1, 0.15) is 38.5 Å². The number of hydroxylamine groups is 2. The SMILES string of the molecule is N/N=C(\C=NCCOCCC(=O)Oc1c(F)c(F)c(F)c(F)c1F)CCCCNC(=S)Nc1ccc(O)cc1.OC1COC(CCN(O)O)CC1O. The highest BCUT2D eigenvalue weighted by Gasteiger charge is 2.29. The topological polar surface area (TPSA) is 224 Å². The van der Waals surface area contributed by atoms with Crippen LogP contribution >= 0.6 is 12.2 Å². The molecule has 52 heavy (non-hydrogen) atoms. The fraction of sp³-hybridized carbons (Fsp3) is 0.484. The van der Waals surface area contributed by atoms with Crippen LogP contribution in [0.25, 0.3) is 0 Å². The number of nitrogens with zero attached hydrogens (tertiary/aromatic N) is 3. The number of hydrogen-bond acceptors (Lipinski definition) is 14. The second-order valence-electron chi connectivity index (χ2n) is 11.0. The van der Waals surface area contributed by atoms with Crippen molar-refractivity contribution in [3.8, 4) is 11.5 Å². The molecule has 2 aromatic rings. The number of phenols is 1. The van der Waals surface area contributed by atoms with Gasteiger partial charge in [0, 0.05) is 24.9 Å². The monoisotopic (exact) mass is 768 g/mol. The first-order valence-electron chi connectivity index (χ1n) is 15.8. The minimum atomic E-state index is -2.35. The molecule has 1 aliphatic rings. The summed E-state index contributed by atoms with van der Waals surface area (Å²) in [4.78, 5) is 15.8. The number of hydrogen-bond donors (Lipinski definition) is 8. The summed E-state index contributed by atoms with van der Waals surface area (Å²) in [6.07, 6.45) is 1.98. The normalized spacial score (nSPS) is 17.5. The van der Waals surface area contributed by atoms with E-state index in [1.807, 2.05) is 0 Å². The van der Waals surface area contributed by atoms with Gasteiger partial charge in [0.25, 0.3) is 0 Å². The van der Waals surface area contributed by atoms with Gasteiger partial charge in [0.05, 0.1) is 57.3 Å². The smallest absolute Gasteiger partial charge is 0.313 e. The van der Waals surface area contributed by atoms with E-state index in [0.29, 0.717) is 36.6 Å². The van der Waals surface area contributed by atoms with Crippen LogP contribution in [0.3, 0.4) is 0 Å². The molecule has 9 N–H and O–H groups in total. The van der Waals surface area contributed by atoms with Crippen LogP contribution < -0.4 is 21.2 Å². The number of carbonyl (C=O) groups is 1. The first kappa shape index (κ1) is 44.1. The van der Waals surface area contributed by atoms with E-state index in [2.05, 4.69) is 25.5 Å². The molecular formula is C31H41F5N6O9S. The van der Waals surface area contributed by atoms with Gasteiger partial charge in [0.2, 0.25) is 34.8 Å². The number of nitrogens with two attached hydrogens (primary N) is 1. The van der Waals surface area contributed by atoms with Crippen molar-refractivity contribution in [2.45, 2.75) is 56.8 Å². The van der Waals surface area contributed by atoms with Crippen LogP contribution in [-0.4, -0.2) is 112 Å². The second-order valence-corrected chi connectivity index (χ2v) is 11.4. The summed E-state index contributed by atoms with van der Waals surface area (Å²) in [5, 5.41) is 54.7. The number of thiocarbonyl (C=S) groups is 1. The number of aliphatic hydroxyl groups excluding tert-OH is 2. The van der Waals surface area contributed by atoms with Gasteiger partial charge in [-0.05, 0) is 62.2 Å². The van der Waals surface area contributed by atoms with Crippen LogP contribution in [0.15, 0.2) is 34.4 Å². The third-order valence-electron chi connectivity index (χ3n) is 6.98. The molecule has 21 heteroatoms. The molecular weight excluding hydrogens is 727 g/mol. The van der Waals surface area contributed by atoms with Crippen molar-refractivity contribution < 1.29 is 66.7 Å². The van der Waals surface area contributed by atoms with E-state index in [1.54, 1.807) is 24.3 Å². The van der Waals surface area contributed by atoms with Crippen molar-refractivity contribution in [2.24, 2.45) is 15.9 Å². The Balaban J connectivity index is 0.000000602. The van der Waals surface area contributed by atoms with E-state index in [4.69, 9.17) is 43.1 Å². The maximum Gasteiger partial charge on any atom is 0.313 e. The molecule has 290 valence electrons. The Bertz CT molecular complexity index is 1470. The zero-order valence-electron chi connectivity index (χ0n) is 27.7. The first-order chi connectivity index (χ1) is 24.7. The number of esters is 1. The quantitative estimate of drug-likeness (QED) is 0.00991. The number of aliphatic hydroxyl groups is 2. The Hall–Kier alpha value is -4.09. The maximum atomic E-state index is 13.5. The molecule has 0 bridgehead atoms. The molecule has 2 aromatic carbocycles. The number of halogens is 5. The summed E-state index contributed by atoms with van der Waals surface area (Å²) in [5.74, 6) is -8.65. The number of unbranched alkanes of at least 4 members (excludes halogenated alkanes) is 1. The molecule has 0 saturated carbocycles. The minimum absolute atomic E-state index is 0.0630. The number of aromatic hydroxyl groups is 1. The number of carbonyl (C=O) groups excluding carboxylic acids is 1. The van der Waals surface area contributed by atoms with Crippen molar-refractivity contribution in [1.29, 1.82) is 0 Å². The number of rotatable bonds is 17. The highest BCUT2D eigenvalue weighted by atomic mass is 32.1. The van der Waals surface area contributed by atoms with E-state index in [-0.39, 0.29) is 50.0 Å². The lowest BCUT2D eigenvalue weighted by atomic mass is 10.0. The average molecular weight is 769 g/mol. The molecule has 3 atom stereocenters. The summed E-state index contributed by atoms with van der Waals surface area (Å²) in [5.41, 5.74) is 1.29. The van der Waals surface area contributed by atoms with Gasteiger partial charge in [0.15, 0.2) is 5.11 Å². The third kappa shape index (κ3) is 16.1. The lowest BCUT2D eigenvalue weighted by Crippen LogP contribution is -2.42. The molecule has 3 rings (SSSR count). The van der Waals surface area contributed by atoms with Crippen molar-refractivity contribution in [3.05, 3.63) is 53.4 Å². The standard InChI is InChI=1S/C24H26F5N5O4S.C7H15NO5/c25-18-19(26)21(28)23(22(29)20(18)27)38-17(36)8-11-37-12-10-31-13-15(34-30)3-1-2-9-32-24(39)33-14-4-6-16(35)7-5-14;9-6-3-5(1-2-8(11)12)13-4-7(6)10/h4-7,13,35H,1-3,8-12,30H2,(H2,32,33,39);5-7,9-12H,1-4H2/b31-13?,34-15-;. The maximum absolute atomic E-state index is 13.5. The van der Waals surface area contributed by atoms with Crippen molar-refractivity contribution in [3.63, 3.8) is 0 Å². The highest BCUT2D eigenvalue weighted by molar-refractivity contribution is 7.80. The predicted octanol–water partition coefficient (Wildman–Crippen LogP) is 2.91. The fourth-order valence-corrected chi connectivity index (χ4v) is 4.42. The molecule has 1 fully saturated rings. The molecule has 1 heterocycles. The third-order valence-corrected chi connectivity index (χ3v) is 7.23. The summed E-state index contributed by atoms with van der Waals surface area (Å²) < 4.78 is 81.0. The number of phenolic OH excluding ortho intramolecular Hbond substituents is 1. The fourth-order valence-electron chi connectivity index (χ4n) is 4.20. The molecule has 0 aliphatic carbocycles. The Morgan fingerprint density at radius 3 is 2.27 bits per heavy atom. The highest BCUT2D eigenvalue weighted by Crippen LogP contribution is 2.29. The Labute approximate surface area is 300 Å². The molecule has 15 nitrogen and oxygen atoms in total. The molecule has 0 spiro atoms. The van der Waals surface area contributed by atoms with Crippen molar-refractivity contribution >= 4 is 40.9 Å². The van der Waals surface area contributed by atoms with Crippen LogP contribution in [0.2, 0.25) is 0 Å². The summed E-state index contributed by atoms with van der Waals surface area (Å²) in [6.45, 7) is 0.789. The van der Waals surface area contributed by atoms with E-state index in [0.717, 1.165) is 18.5 Å². The summed E-state index contributed by atoms with van der Waals surface area (Å²) in [7, 11) is 0. The van der Waals surface area contributed by atoms with Gasteiger partial charge in [0.1, 0.15) is 11.9 Å². The number of ether oxygens (including phenoxy) is 3. The van der Waals surface area contributed by atoms with Crippen LogP contribution in [0.5, 0.6) is 11.5 Å². The van der Waals surface area contributed by atoms with Gasteiger partial charge < -0.3 is 46.0 Å². The van der Waals surface area contributed by atoms with Gasteiger partial charge in [-0.15, -0.1) is 0 Å². The first-order valence-corrected chi connectivity index (χ1v) is 16.2. The zero-order valence-corrected chi connectivity index (χ0v) is 28.5. The van der Waals surface area contributed by atoms with Gasteiger partial charge in [-0.25, -0.2) is 13.2 Å². The van der Waals surface area contributed by atoms with Crippen LogP contribution in [0, 0.1) is 29.1 Å². The Morgan fingerprint density at radius 1 is 1.00 bits per heavy atom. The summed E-state index contributed by atoms with van der Waals surface area (Å²) >= 11 is 5.20. The number of aliphatic imine (C=N–C) groups is 1. The Morgan fingerprint density at radius 2 is 1.65 bits per heavy atom. The lowest BCUT2D eigenvalue weighted by molar-refractivity contribution is -0.309. The average Bonchev–Trinajstić information content (AvgIpc) is 3.12.